The molecule has 1 amide bonds. The fraction of sp³-hybridized carbons (Fsp3) is 0.480. The number of hydrogen-bond donors (Lipinski definition) is 2. The normalized spacial score (nSPS) is 19.3. The van der Waals surface area contributed by atoms with Crippen LogP contribution < -0.4 is 15.4 Å². The van der Waals surface area contributed by atoms with E-state index in [0.717, 1.165) is 62.8 Å². The zero-order chi connectivity index (χ0) is 22.2. The van der Waals surface area contributed by atoms with Gasteiger partial charge in [-0.25, -0.2) is 4.31 Å². The van der Waals surface area contributed by atoms with Crippen molar-refractivity contribution in [2.24, 2.45) is 0 Å². The van der Waals surface area contributed by atoms with Crippen molar-refractivity contribution < 1.29 is 9.53 Å². The average Bonchev–Trinajstić information content (AvgIpc) is 2.82. The van der Waals surface area contributed by atoms with E-state index in [0.29, 0.717) is 12.6 Å². The molecule has 4 rings (SSSR count). The number of para-hydroxylation sites is 1. The maximum Gasteiger partial charge on any atom is 0.257 e. The van der Waals surface area contributed by atoms with Crippen molar-refractivity contribution in [1.82, 2.24) is 19.8 Å². The predicted octanol–water partition coefficient (Wildman–Crippen LogP) is 2.93. The van der Waals surface area contributed by atoms with E-state index in [1.54, 1.807) is 11.9 Å². The van der Waals surface area contributed by atoms with Gasteiger partial charge in [0, 0.05) is 51.9 Å². The first-order chi connectivity index (χ1) is 15.7. The Kier molecular flexibility index (Phi) is 8.45. The number of rotatable bonds is 9. The predicted molar refractivity (Wildman–Crippen MR) is 130 cm³/mol. The number of amides is 1. The third-order valence-electron chi connectivity index (χ3n) is 6.05. The van der Waals surface area contributed by atoms with Crippen molar-refractivity contribution in [3.63, 3.8) is 0 Å². The van der Waals surface area contributed by atoms with Crippen LogP contribution in [0.5, 0.6) is 5.75 Å². The van der Waals surface area contributed by atoms with Crippen LogP contribution in [0.25, 0.3) is 0 Å². The Morgan fingerprint density at radius 2 is 1.97 bits per heavy atom. The number of piperazine rings is 1. The van der Waals surface area contributed by atoms with Gasteiger partial charge in [0.1, 0.15) is 5.75 Å². The lowest BCUT2D eigenvalue weighted by Gasteiger charge is -2.32. The van der Waals surface area contributed by atoms with E-state index in [4.69, 9.17) is 4.74 Å². The monoisotopic (exact) mass is 454 g/mol. The van der Waals surface area contributed by atoms with E-state index in [-0.39, 0.29) is 12.5 Å². The fourth-order valence-corrected chi connectivity index (χ4v) is 5.25. The lowest BCUT2D eigenvalue weighted by molar-refractivity contribution is -0.123. The van der Waals surface area contributed by atoms with Gasteiger partial charge < -0.3 is 15.4 Å². The average molecular weight is 455 g/mol. The second kappa shape index (κ2) is 11.7. The van der Waals surface area contributed by atoms with Gasteiger partial charge in [-0.2, -0.15) is 0 Å². The van der Waals surface area contributed by atoms with E-state index in [1.165, 1.54) is 11.1 Å². The Hall–Kier alpha value is -2.06. The molecule has 0 aliphatic carbocycles. The van der Waals surface area contributed by atoms with Crippen LogP contribution in [-0.4, -0.2) is 67.0 Å². The maximum atomic E-state index is 12.3. The first-order valence-corrected chi connectivity index (χ1v) is 12.4. The standard InChI is InChI=1S/C25H34N4O2S/c1-20-17-26-13-16-29(20)32-24-10-5-4-9-23(24)31-19-25(30)27-12-6-14-28-15-11-21-7-2-3-8-22(21)18-28/h2-5,7-10,20,26H,6,11-19H2,1H3,(H,27,30). The molecule has 7 heteroatoms. The van der Waals surface area contributed by atoms with Gasteiger partial charge >= 0.3 is 0 Å². The van der Waals surface area contributed by atoms with E-state index in [2.05, 4.69) is 57.1 Å². The van der Waals surface area contributed by atoms with Gasteiger partial charge in [-0.3, -0.25) is 9.69 Å². The second-order valence-electron chi connectivity index (χ2n) is 8.52. The first-order valence-electron chi connectivity index (χ1n) is 11.6. The van der Waals surface area contributed by atoms with E-state index < -0.39 is 0 Å². The summed E-state index contributed by atoms with van der Waals surface area (Å²) >= 11 is 1.71. The molecule has 2 heterocycles. The van der Waals surface area contributed by atoms with Crippen molar-refractivity contribution in [2.45, 2.75) is 37.2 Å². The molecule has 2 aliphatic rings. The second-order valence-corrected chi connectivity index (χ2v) is 9.61. The van der Waals surface area contributed by atoms with Gasteiger partial charge in [-0.1, -0.05) is 36.4 Å². The zero-order valence-corrected chi connectivity index (χ0v) is 19.7. The molecule has 0 spiro atoms. The summed E-state index contributed by atoms with van der Waals surface area (Å²) in [6.45, 7) is 9.01. The molecule has 1 saturated heterocycles. The minimum atomic E-state index is -0.0654. The molecule has 6 nitrogen and oxygen atoms in total. The van der Waals surface area contributed by atoms with E-state index in [9.17, 15) is 4.79 Å². The highest BCUT2D eigenvalue weighted by Crippen LogP contribution is 2.33. The highest BCUT2D eigenvalue weighted by Gasteiger charge is 2.20. The number of carbonyl (C=O) groups excluding carboxylic acids is 1. The van der Waals surface area contributed by atoms with E-state index >= 15 is 0 Å². The summed E-state index contributed by atoms with van der Waals surface area (Å²) in [4.78, 5) is 15.8. The van der Waals surface area contributed by atoms with Crippen molar-refractivity contribution in [2.75, 3.05) is 45.9 Å². The van der Waals surface area contributed by atoms with Crippen molar-refractivity contribution >= 4 is 17.9 Å². The van der Waals surface area contributed by atoms with Gasteiger partial charge in [-0.05, 0) is 55.0 Å². The van der Waals surface area contributed by atoms with Crippen molar-refractivity contribution in [3.05, 3.63) is 59.7 Å². The number of nitrogens with one attached hydrogen (secondary N) is 2. The van der Waals surface area contributed by atoms with Crippen LogP contribution in [-0.2, 0) is 17.8 Å². The molecule has 0 saturated carbocycles. The minimum absolute atomic E-state index is 0.0474. The fourth-order valence-electron chi connectivity index (χ4n) is 4.20. The van der Waals surface area contributed by atoms with Gasteiger partial charge in [-0.15, -0.1) is 0 Å². The molecule has 2 aliphatic heterocycles. The number of carbonyl (C=O) groups is 1. The minimum Gasteiger partial charge on any atom is -0.483 e. The molecule has 1 fully saturated rings. The van der Waals surface area contributed by atoms with Crippen LogP contribution in [0.3, 0.4) is 0 Å². The maximum absolute atomic E-state index is 12.3. The van der Waals surface area contributed by atoms with Crippen LogP contribution in [0, 0.1) is 0 Å². The summed E-state index contributed by atoms with van der Waals surface area (Å²) in [6, 6.07) is 17.1. The third-order valence-corrected chi connectivity index (χ3v) is 7.36. The van der Waals surface area contributed by atoms with Crippen LogP contribution in [0.1, 0.15) is 24.5 Å². The highest BCUT2D eigenvalue weighted by atomic mass is 32.2. The van der Waals surface area contributed by atoms with Crippen molar-refractivity contribution in [1.29, 1.82) is 0 Å². The van der Waals surface area contributed by atoms with Gasteiger partial charge in [0.05, 0.1) is 4.90 Å². The van der Waals surface area contributed by atoms with E-state index in [1.807, 2.05) is 18.2 Å². The SMILES string of the molecule is CC1CNCCN1Sc1ccccc1OCC(=O)NCCCN1CCc2ccccc2C1. The molecule has 1 unspecified atom stereocenters. The summed E-state index contributed by atoms with van der Waals surface area (Å²) in [5, 5.41) is 6.42. The first kappa shape index (κ1) is 23.1. The Balaban J connectivity index is 1.16. The molecule has 0 radical (unpaired) electrons. The number of fused-ring (bicyclic) bond motifs is 1. The van der Waals surface area contributed by atoms with Gasteiger partial charge in [0.15, 0.2) is 6.61 Å². The summed E-state index contributed by atoms with van der Waals surface area (Å²) in [5.74, 6) is 0.703. The Morgan fingerprint density at radius 1 is 1.16 bits per heavy atom. The Morgan fingerprint density at radius 3 is 2.84 bits per heavy atom. The van der Waals surface area contributed by atoms with Gasteiger partial charge in [0.2, 0.25) is 0 Å². The molecule has 2 aromatic rings. The summed E-state index contributed by atoms with van der Waals surface area (Å²) in [5.41, 5.74) is 2.90. The Bertz CT molecular complexity index is 894. The Labute approximate surface area is 195 Å². The third kappa shape index (κ3) is 6.48. The topological polar surface area (TPSA) is 56.8 Å². The molecule has 1 atom stereocenters. The smallest absolute Gasteiger partial charge is 0.257 e. The van der Waals surface area contributed by atoms with Crippen LogP contribution in [0.15, 0.2) is 53.4 Å². The highest BCUT2D eigenvalue weighted by molar-refractivity contribution is 7.97. The molecular formula is C25H34N4O2S. The molecular weight excluding hydrogens is 420 g/mol. The molecule has 2 aromatic carbocycles. The van der Waals surface area contributed by atoms with Crippen LogP contribution >= 0.6 is 11.9 Å². The number of ether oxygens (including phenoxy) is 1. The van der Waals surface area contributed by atoms with Crippen LogP contribution in [0.2, 0.25) is 0 Å². The lowest BCUT2D eigenvalue weighted by atomic mass is 10.00. The molecule has 172 valence electrons. The lowest BCUT2D eigenvalue weighted by Crippen LogP contribution is -2.46. The molecule has 0 aromatic heterocycles. The summed E-state index contributed by atoms with van der Waals surface area (Å²) in [7, 11) is 0. The molecule has 2 N–H and O–H groups in total. The number of benzene rings is 2. The quantitative estimate of drug-likeness (QED) is 0.449. The number of hydrogen-bond acceptors (Lipinski definition) is 6. The summed E-state index contributed by atoms with van der Waals surface area (Å²) < 4.78 is 8.25. The van der Waals surface area contributed by atoms with Crippen LogP contribution in [0.4, 0.5) is 0 Å². The number of nitrogens with zero attached hydrogens (tertiary/aromatic N) is 2. The summed E-state index contributed by atoms with van der Waals surface area (Å²) in [6.07, 6.45) is 2.06. The molecule has 0 bridgehead atoms. The zero-order valence-electron chi connectivity index (χ0n) is 18.9. The van der Waals surface area contributed by atoms with Gasteiger partial charge in [0.25, 0.3) is 5.91 Å². The van der Waals surface area contributed by atoms with Crippen molar-refractivity contribution in [3.8, 4) is 5.75 Å². The largest absolute Gasteiger partial charge is 0.483 e. The molecule has 32 heavy (non-hydrogen) atoms.